The van der Waals surface area contributed by atoms with E-state index >= 15 is 0 Å². The third kappa shape index (κ3) is 9.74. The number of amides is 2. The number of hydrogen-bond acceptors (Lipinski definition) is 8. The first-order valence-electron chi connectivity index (χ1n) is 11.7. The molecule has 2 aromatic rings. The number of ether oxygens (including phenoxy) is 1. The number of hydrogen-bond donors (Lipinski definition) is 3. The lowest BCUT2D eigenvalue weighted by Crippen LogP contribution is -2.51. The van der Waals surface area contributed by atoms with Crippen LogP contribution in [0.5, 0.6) is 5.75 Å². The number of Topliss-reactive ketones (excluding diaryl/α,β-unsaturated/α-hetero) is 1. The monoisotopic (exact) mass is 526 g/mol. The summed E-state index contributed by atoms with van der Waals surface area (Å²) in [4.78, 5) is 46.7. The molecule has 198 valence electrons. The number of methoxy groups -OCH3 is 1. The van der Waals surface area contributed by atoms with Crippen LogP contribution in [-0.2, 0) is 31.4 Å². The summed E-state index contributed by atoms with van der Waals surface area (Å²) >= 11 is 1.49. The number of carbonyl (C=O) groups excluding carboxylic acids is 3. The Morgan fingerprint density at radius 3 is 2.51 bits per heavy atom. The van der Waals surface area contributed by atoms with Crippen molar-refractivity contribution in [1.29, 1.82) is 0 Å². The molecular formula is C27H34N4O5S. The van der Waals surface area contributed by atoms with Crippen LogP contribution in [-0.4, -0.2) is 48.9 Å². The lowest BCUT2D eigenvalue weighted by atomic mass is 10.0. The third-order valence-electron chi connectivity index (χ3n) is 5.30. The summed E-state index contributed by atoms with van der Waals surface area (Å²) in [5.41, 5.74) is 2.22. The lowest BCUT2D eigenvalue weighted by molar-refractivity contribution is -0.130. The van der Waals surface area contributed by atoms with Crippen LogP contribution in [0, 0.1) is 5.92 Å². The number of ketones is 1. The summed E-state index contributed by atoms with van der Waals surface area (Å²) in [6.07, 6.45) is 1.23. The molecule has 0 heterocycles. The number of nitrogens with one attached hydrogen (secondary N) is 2. The molecule has 2 aromatic carbocycles. The number of carbonyl (C=O) groups is 3. The highest BCUT2D eigenvalue weighted by molar-refractivity contribution is 7.99. The highest BCUT2D eigenvalue weighted by Crippen LogP contribution is 2.21. The average molecular weight is 527 g/mol. The second-order valence-electron chi connectivity index (χ2n) is 8.46. The Labute approximate surface area is 221 Å². The minimum Gasteiger partial charge on any atom is -0.496 e. The molecule has 0 fully saturated rings. The van der Waals surface area contributed by atoms with Crippen LogP contribution in [0.25, 0.3) is 0 Å². The molecule has 0 bridgehead atoms. The molecule has 2 rings (SSSR count). The fraction of sp³-hybridized carbons (Fsp3) is 0.333. The molecule has 0 aliphatic rings. The maximum atomic E-state index is 12.9. The zero-order chi connectivity index (χ0) is 27.2. The SMILES string of the molecule is C=CN=C(ON)c1ccc(OC)c(CC(=O)N[C@H](C(=O)NCC(=O)CSCc2ccccc2)C(C)C)c1. The van der Waals surface area contributed by atoms with Crippen molar-refractivity contribution in [3.8, 4) is 5.75 Å². The second kappa shape index (κ2) is 15.5. The molecule has 0 radical (unpaired) electrons. The smallest absolute Gasteiger partial charge is 0.244 e. The van der Waals surface area contributed by atoms with Crippen molar-refractivity contribution in [2.45, 2.75) is 32.1 Å². The maximum absolute atomic E-state index is 12.9. The highest BCUT2D eigenvalue weighted by Gasteiger charge is 2.25. The van der Waals surface area contributed by atoms with Gasteiger partial charge in [0.15, 0.2) is 5.78 Å². The summed E-state index contributed by atoms with van der Waals surface area (Å²) in [6, 6.07) is 14.1. The van der Waals surface area contributed by atoms with E-state index in [2.05, 4.69) is 22.2 Å². The number of thioether (sulfide) groups is 1. The van der Waals surface area contributed by atoms with Crippen LogP contribution >= 0.6 is 11.8 Å². The van der Waals surface area contributed by atoms with Crippen molar-refractivity contribution >= 4 is 35.3 Å². The van der Waals surface area contributed by atoms with Gasteiger partial charge in [-0.2, -0.15) is 5.90 Å². The maximum Gasteiger partial charge on any atom is 0.244 e. The molecule has 1 atom stereocenters. The van der Waals surface area contributed by atoms with Crippen molar-refractivity contribution in [2.24, 2.45) is 16.8 Å². The molecule has 0 saturated carbocycles. The van der Waals surface area contributed by atoms with Crippen molar-refractivity contribution in [1.82, 2.24) is 10.6 Å². The predicted octanol–water partition coefficient (Wildman–Crippen LogP) is 2.78. The zero-order valence-electron chi connectivity index (χ0n) is 21.4. The molecular weight excluding hydrogens is 492 g/mol. The Hall–Kier alpha value is -3.63. The van der Waals surface area contributed by atoms with Crippen molar-refractivity contribution < 1.29 is 24.0 Å². The van der Waals surface area contributed by atoms with E-state index in [1.165, 1.54) is 25.1 Å². The zero-order valence-corrected chi connectivity index (χ0v) is 22.2. The first-order chi connectivity index (χ1) is 17.8. The summed E-state index contributed by atoms with van der Waals surface area (Å²) in [5, 5.41) is 5.42. The summed E-state index contributed by atoms with van der Waals surface area (Å²) in [5.74, 6) is 5.82. The number of aliphatic imine (C=N–C) groups is 1. The van der Waals surface area contributed by atoms with Crippen LogP contribution in [0.1, 0.15) is 30.5 Å². The quantitative estimate of drug-likeness (QED) is 0.196. The van der Waals surface area contributed by atoms with E-state index in [1.807, 2.05) is 44.2 Å². The van der Waals surface area contributed by atoms with Gasteiger partial charge in [-0.15, -0.1) is 11.8 Å². The van der Waals surface area contributed by atoms with Crippen LogP contribution in [0.4, 0.5) is 0 Å². The Kier molecular flexibility index (Phi) is 12.4. The summed E-state index contributed by atoms with van der Waals surface area (Å²) in [6.45, 7) is 7.07. The second-order valence-corrected chi connectivity index (χ2v) is 9.45. The minimum absolute atomic E-state index is 0.0610. The molecule has 2 amide bonds. The molecule has 0 unspecified atom stereocenters. The fourth-order valence-electron chi connectivity index (χ4n) is 3.44. The van der Waals surface area contributed by atoms with Gasteiger partial charge < -0.3 is 20.2 Å². The van der Waals surface area contributed by atoms with E-state index in [-0.39, 0.29) is 42.2 Å². The van der Waals surface area contributed by atoms with Crippen LogP contribution in [0.3, 0.4) is 0 Å². The van der Waals surface area contributed by atoms with E-state index < -0.39 is 11.9 Å². The van der Waals surface area contributed by atoms with E-state index in [9.17, 15) is 14.4 Å². The highest BCUT2D eigenvalue weighted by atomic mass is 32.2. The Balaban J connectivity index is 1.95. The summed E-state index contributed by atoms with van der Waals surface area (Å²) < 4.78 is 5.37. The van der Waals surface area contributed by atoms with E-state index in [4.69, 9.17) is 15.5 Å². The molecule has 37 heavy (non-hydrogen) atoms. The molecule has 9 nitrogen and oxygen atoms in total. The summed E-state index contributed by atoms with van der Waals surface area (Å²) in [7, 11) is 1.49. The Morgan fingerprint density at radius 2 is 1.89 bits per heavy atom. The lowest BCUT2D eigenvalue weighted by Gasteiger charge is -2.22. The number of rotatable bonds is 14. The topological polar surface area (TPSA) is 132 Å². The molecule has 0 aliphatic carbocycles. The average Bonchev–Trinajstić information content (AvgIpc) is 2.89. The van der Waals surface area contributed by atoms with Crippen LogP contribution in [0.2, 0.25) is 0 Å². The van der Waals surface area contributed by atoms with Gasteiger partial charge in [-0.25, -0.2) is 4.99 Å². The van der Waals surface area contributed by atoms with Crippen LogP contribution in [0.15, 0.2) is 66.3 Å². The van der Waals surface area contributed by atoms with Gasteiger partial charge in [-0.1, -0.05) is 50.8 Å². The van der Waals surface area contributed by atoms with Crippen LogP contribution < -0.4 is 21.3 Å². The van der Waals surface area contributed by atoms with Crippen molar-refractivity contribution in [3.63, 3.8) is 0 Å². The number of nitrogens with two attached hydrogens (primary N) is 1. The van der Waals surface area contributed by atoms with Crippen molar-refractivity contribution in [2.75, 3.05) is 19.4 Å². The standard InChI is InChI=1S/C27H34N4O5S/c1-5-29-27(36-28)20-11-12-23(35-4)21(13-20)14-24(33)31-25(18(2)3)26(34)30-15-22(32)17-37-16-19-9-7-6-8-10-19/h5-13,18,25H,1,14-17,28H2,2-4H3,(H,30,34)(H,31,33)/t25-/m0/s1. The predicted molar refractivity (Wildman–Crippen MR) is 146 cm³/mol. The van der Waals surface area contributed by atoms with Gasteiger partial charge in [-0.05, 0) is 29.7 Å². The molecule has 0 saturated heterocycles. The fourth-order valence-corrected chi connectivity index (χ4v) is 4.30. The van der Waals surface area contributed by atoms with Gasteiger partial charge in [-0.3, -0.25) is 14.4 Å². The number of benzene rings is 2. The third-order valence-corrected chi connectivity index (χ3v) is 6.36. The largest absolute Gasteiger partial charge is 0.496 e. The first kappa shape index (κ1) is 29.6. The van der Waals surface area contributed by atoms with Gasteiger partial charge in [0.2, 0.25) is 17.7 Å². The van der Waals surface area contributed by atoms with Gasteiger partial charge in [0.05, 0.1) is 25.8 Å². The molecule has 0 aliphatic heterocycles. The first-order valence-corrected chi connectivity index (χ1v) is 12.9. The number of nitrogens with zero attached hydrogens (tertiary/aromatic N) is 1. The van der Waals surface area contributed by atoms with Crippen molar-refractivity contribution in [3.05, 3.63) is 78.0 Å². The Bertz CT molecular complexity index is 1110. The van der Waals surface area contributed by atoms with E-state index in [0.717, 1.165) is 5.56 Å². The molecule has 4 N–H and O–H groups in total. The Morgan fingerprint density at radius 1 is 1.16 bits per heavy atom. The van der Waals surface area contributed by atoms with Gasteiger partial charge in [0.1, 0.15) is 11.8 Å². The van der Waals surface area contributed by atoms with E-state index in [0.29, 0.717) is 22.6 Å². The van der Waals surface area contributed by atoms with Gasteiger partial charge in [0.25, 0.3) is 0 Å². The molecule has 0 spiro atoms. The molecule has 0 aromatic heterocycles. The normalized spacial score (nSPS) is 12.0. The minimum atomic E-state index is -0.809. The van der Waals surface area contributed by atoms with Gasteiger partial charge in [0, 0.05) is 23.1 Å². The van der Waals surface area contributed by atoms with Gasteiger partial charge >= 0.3 is 0 Å². The van der Waals surface area contributed by atoms with E-state index in [1.54, 1.807) is 18.2 Å². The molecule has 10 heteroatoms.